The van der Waals surface area contributed by atoms with Gasteiger partial charge in [-0.15, -0.1) is 11.3 Å². The van der Waals surface area contributed by atoms with E-state index in [1.165, 1.54) is 0 Å². The number of nitrogens with one attached hydrogen (secondary N) is 1. The van der Waals surface area contributed by atoms with E-state index in [2.05, 4.69) is 11.4 Å². The summed E-state index contributed by atoms with van der Waals surface area (Å²) in [5.41, 5.74) is 2.05. The van der Waals surface area contributed by atoms with Crippen LogP contribution < -0.4 is 10.1 Å². The minimum Gasteiger partial charge on any atom is -0.497 e. The van der Waals surface area contributed by atoms with Gasteiger partial charge in [0.05, 0.1) is 19.6 Å². The van der Waals surface area contributed by atoms with Gasteiger partial charge in [0.25, 0.3) is 0 Å². The second-order valence-electron chi connectivity index (χ2n) is 5.45. The molecule has 0 aliphatic heterocycles. The zero-order valence-electron chi connectivity index (χ0n) is 13.4. The Morgan fingerprint density at radius 2 is 1.79 bits per heavy atom. The highest BCUT2D eigenvalue weighted by Crippen LogP contribution is 2.26. The quantitative estimate of drug-likeness (QED) is 0.732. The lowest BCUT2D eigenvalue weighted by atomic mass is 10.0. The summed E-state index contributed by atoms with van der Waals surface area (Å²) in [6, 6.07) is 21.6. The number of thiophene rings is 1. The second kappa shape index (κ2) is 7.79. The molecular formula is C20H19NO2S. The predicted molar refractivity (Wildman–Crippen MR) is 97.4 cm³/mol. The SMILES string of the molecule is COc1ccc(CC(=O)NC(c2ccccc2)c2cccs2)cc1. The van der Waals surface area contributed by atoms with Crippen molar-refractivity contribution in [3.05, 3.63) is 88.1 Å². The van der Waals surface area contributed by atoms with Crippen LogP contribution in [0.2, 0.25) is 0 Å². The average Bonchev–Trinajstić information content (AvgIpc) is 3.15. The Balaban J connectivity index is 1.73. The molecule has 1 aromatic heterocycles. The molecule has 0 fully saturated rings. The molecule has 1 atom stereocenters. The molecular weight excluding hydrogens is 318 g/mol. The summed E-state index contributed by atoms with van der Waals surface area (Å²) in [5, 5.41) is 5.18. The smallest absolute Gasteiger partial charge is 0.225 e. The van der Waals surface area contributed by atoms with Crippen LogP contribution in [0.25, 0.3) is 0 Å². The number of hydrogen-bond acceptors (Lipinski definition) is 3. The molecule has 0 bridgehead atoms. The summed E-state index contributed by atoms with van der Waals surface area (Å²) in [6.07, 6.45) is 0.346. The molecule has 2 aromatic carbocycles. The number of methoxy groups -OCH3 is 1. The number of carbonyl (C=O) groups excluding carboxylic acids is 1. The van der Waals surface area contributed by atoms with Crippen LogP contribution in [0.5, 0.6) is 5.75 Å². The lowest BCUT2D eigenvalue weighted by molar-refractivity contribution is -0.120. The maximum Gasteiger partial charge on any atom is 0.225 e. The Hall–Kier alpha value is -2.59. The molecule has 4 heteroatoms. The number of hydrogen-bond donors (Lipinski definition) is 1. The van der Waals surface area contributed by atoms with Crippen molar-refractivity contribution < 1.29 is 9.53 Å². The van der Waals surface area contributed by atoms with Crippen molar-refractivity contribution in [3.8, 4) is 5.75 Å². The van der Waals surface area contributed by atoms with Crippen molar-refractivity contribution >= 4 is 17.2 Å². The van der Waals surface area contributed by atoms with Crippen molar-refractivity contribution in [2.75, 3.05) is 7.11 Å². The minimum absolute atomic E-state index is 0.00224. The topological polar surface area (TPSA) is 38.3 Å². The molecule has 0 aliphatic rings. The third-order valence-corrected chi connectivity index (χ3v) is 4.73. The maximum absolute atomic E-state index is 12.5. The highest BCUT2D eigenvalue weighted by Gasteiger charge is 2.17. The average molecular weight is 337 g/mol. The molecule has 0 saturated heterocycles. The number of ether oxygens (including phenoxy) is 1. The van der Waals surface area contributed by atoms with Gasteiger partial charge in [-0.05, 0) is 34.7 Å². The van der Waals surface area contributed by atoms with Gasteiger partial charge in [-0.1, -0.05) is 48.5 Å². The number of carbonyl (C=O) groups is 1. The summed E-state index contributed by atoms with van der Waals surface area (Å²) in [7, 11) is 1.63. The largest absolute Gasteiger partial charge is 0.497 e. The van der Waals surface area contributed by atoms with Gasteiger partial charge in [-0.2, -0.15) is 0 Å². The van der Waals surface area contributed by atoms with Crippen molar-refractivity contribution in [2.24, 2.45) is 0 Å². The lowest BCUT2D eigenvalue weighted by Crippen LogP contribution is -2.30. The number of rotatable bonds is 6. The minimum atomic E-state index is -0.114. The normalized spacial score (nSPS) is 11.7. The van der Waals surface area contributed by atoms with Crippen molar-refractivity contribution in [2.45, 2.75) is 12.5 Å². The van der Waals surface area contributed by atoms with Crippen LogP contribution in [0.15, 0.2) is 72.1 Å². The van der Waals surface area contributed by atoms with E-state index in [1.54, 1.807) is 18.4 Å². The Bertz CT molecular complexity index is 767. The molecule has 0 saturated carbocycles. The monoisotopic (exact) mass is 337 g/mol. The van der Waals surface area contributed by atoms with E-state index < -0.39 is 0 Å². The fourth-order valence-electron chi connectivity index (χ4n) is 2.56. The Morgan fingerprint density at radius 1 is 1.04 bits per heavy atom. The molecule has 3 aromatic rings. The van der Waals surface area contributed by atoms with Crippen LogP contribution in [0, 0.1) is 0 Å². The first-order valence-corrected chi connectivity index (χ1v) is 8.65. The Morgan fingerprint density at radius 3 is 2.42 bits per heavy atom. The van der Waals surface area contributed by atoms with E-state index in [9.17, 15) is 4.79 Å². The Labute approximate surface area is 145 Å². The van der Waals surface area contributed by atoms with Gasteiger partial charge >= 0.3 is 0 Å². The molecule has 1 unspecified atom stereocenters. The first-order valence-electron chi connectivity index (χ1n) is 7.77. The fraction of sp³-hybridized carbons (Fsp3) is 0.150. The fourth-order valence-corrected chi connectivity index (χ4v) is 3.36. The number of benzene rings is 2. The van der Waals surface area contributed by atoms with Gasteiger partial charge in [-0.25, -0.2) is 0 Å². The first kappa shape index (κ1) is 16.3. The van der Waals surface area contributed by atoms with Gasteiger partial charge in [-0.3, -0.25) is 4.79 Å². The van der Waals surface area contributed by atoms with Gasteiger partial charge in [0.2, 0.25) is 5.91 Å². The number of amides is 1. The molecule has 3 nitrogen and oxygen atoms in total. The Kier molecular flexibility index (Phi) is 5.29. The third kappa shape index (κ3) is 4.03. The molecule has 1 N–H and O–H groups in total. The van der Waals surface area contributed by atoms with Gasteiger partial charge in [0.1, 0.15) is 5.75 Å². The van der Waals surface area contributed by atoms with E-state index in [0.29, 0.717) is 6.42 Å². The van der Waals surface area contributed by atoms with Crippen LogP contribution in [-0.4, -0.2) is 13.0 Å². The van der Waals surface area contributed by atoms with E-state index >= 15 is 0 Å². The molecule has 3 rings (SSSR count). The highest BCUT2D eigenvalue weighted by molar-refractivity contribution is 7.10. The summed E-state index contributed by atoms with van der Waals surface area (Å²) >= 11 is 1.65. The van der Waals surface area contributed by atoms with Crippen molar-refractivity contribution in [3.63, 3.8) is 0 Å². The summed E-state index contributed by atoms with van der Waals surface area (Å²) in [6.45, 7) is 0. The molecule has 1 heterocycles. The maximum atomic E-state index is 12.5. The summed E-state index contributed by atoms with van der Waals surface area (Å²) in [4.78, 5) is 13.6. The molecule has 1 amide bonds. The zero-order chi connectivity index (χ0) is 16.8. The van der Waals surface area contributed by atoms with E-state index in [1.807, 2.05) is 66.0 Å². The van der Waals surface area contributed by atoms with Crippen LogP contribution in [0.3, 0.4) is 0 Å². The predicted octanol–water partition coefficient (Wildman–Crippen LogP) is 4.21. The lowest BCUT2D eigenvalue weighted by Gasteiger charge is -2.18. The molecule has 122 valence electrons. The zero-order valence-corrected chi connectivity index (χ0v) is 14.3. The molecule has 0 spiro atoms. The first-order chi connectivity index (χ1) is 11.8. The van der Waals surface area contributed by atoms with Gasteiger partial charge in [0, 0.05) is 4.88 Å². The summed E-state index contributed by atoms with van der Waals surface area (Å²) in [5.74, 6) is 0.794. The highest BCUT2D eigenvalue weighted by atomic mass is 32.1. The molecule has 0 radical (unpaired) electrons. The van der Waals surface area contributed by atoms with Gasteiger partial charge in [0.15, 0.2) is 0 Å². The van der Waals surface area contributed by atoms with E-state index in [4.69, 9.17) is 4.74 Å². The van der Waals surface area contributed by atoms with E-state index in [-0.39, 0.29) is 11.9 Å². The van der Waals surface area contributed by atoms with Crippen molar-refractivity contribution in [1.82, 2.24) is 5.32 Å². The summed E-state index contributed by atoms with van der Waals surface area (Å²) < 4.78 is 5.15. The van der Waals surface area contributed by atoms with Crippen LogP contribution >= 0.6 is 11.3 Å². The third-order valence-electron chi connectivity index (χ3n) is 3.79. The standard InChI is InChI=1S/C20H19NO2S/c1-23-17-11-9-15(10-12-17)14-19(22)21-20(18-8-5-13-24-18)16-6-3-2-4-7-16/h2-13,20H,14H2,1H3,(H,21,22). The van der Waals surface area contributed by atoms with Crippen LogP contribution in [0.1, 0.15) is 22.0 Å². The molecule has 0 aliphatic carbocycles. The second-order valence-corrected chi connectivity index (χ2v) is 6.43. The molecule has 24 heavy (non-hydrogen) atoms. The van der Waals surface area contributed by atoms with Crippen molar-refractivity contribution in [1.29, 1.82) is 0 Å². The van der Waals surface area contributed by atoms with Crippen LogP contribution in [-0.2, 0) is 11.2 Å². The van der Waals surface area contributed by atoms with E-state index in [0.717, 1.165) is 21.8 Å². The van der Waals surface area contributed by atoms with Crippen LogP contribution in [0.4, 0.5) is 0 Å². The van der Waals surface area contributed by atoms with Gasteiger partial charge < -0.3 is 10.1 Å².